The zero-order valence-corrected chi connectivity index (χ0v) is 11.8. The van der Waals surface area contributed by atoms with Gasteiger partial charge in [-0.1, -0.05) is 53.4 Å². The van der Waals surface area contributed by atoms with Crippen molar-refractivity contribution in [2.24, 2.45) is 17.8 Å². The Morgan fingerprint density at radius 2 is 1.81 bits per heavy atom. The number of hydrogen-bond donors (Lipinski definition) is 1. The second kappa shape index (κ2) is 7.32. The first kappa shape index (κ1) is 14.0. The highest BCUT2D eigenvalue weighted by Gasteiger charge is 2.22. The molecule has 1 nitrogen and oxygen atoms in total. The summed E-state index contributed by atoms with van der Waals surface area (Å²) < 4.78 is 0. The fraction of sp³-hybridized carbons (Fsp3) is 1.00. The molecule has 1 heteroatoms. The molecule has 1 saturated carbocycles. The molecule has 1 aliphatic carbocycles. The van der Waals surface area contributed by atoms with Crippen LogP contribution < -0.4 is 5.32 Å². The maximum Gasteiger partial charge on any atom is 0.00104 e. The third-order valence-electron chi connectivity index (χ3n) is 4.08. The van der Waals surface area contributed by atoms with Crippen LogP contribution in [0.2, 0.25) is 0 Å². The first-order chi connectivity index (χ1) is 7.61. The van der Waals surface area contributed by atoms with Gasteiger partial charge in [0.1, 0.15) is 0 Å². The van der Waals surface area contributed by atoms with Gasteiger partial charge in [0.2, 0.25) is 0 Å². The van der Waals surface area contributed by atoms with E-state index >= 15 is 0 Å². The summed E-state index contributed by atoms with van der Waals surface area (Å²) in [4.78, 5) is 0. The van der Waals surface area contributed by atoms with E-state index in [1.165, 1.54) is 45.1 Å². The van der Waals surface area contributed by atoms with E-state index in [-0.39, 0.29) is 0 Å². The van der Waals surface area contributed by atoms with Crippen molar-refractivity contribution in [3.8, 4) is 0 Å². The van der Waals surface area contributed by atoms with Gasteiger partial charge in [-0.2, -0.15) is 0 Å². The Morgan fingerprint density at radius 3 is 2.44 bits per heavy atom. The molecule has 0 radical (unpaired) electrons. The molecule has 3 atom stereocenters. The maximum atomic E-state index is 3.56. The van der Waals surface area contributed by atoms with Gasteiger partial charge in [-0.15, -0.1) is 0 Å². The van der Waals surface area contributed by atoms with Crippen molar-refractivity contribution >= 4 is 0 Å². The van der Waals surface area contributed by atoms with Gasteiger partial charge in [-0.05, 0) is 37.1 Å². The molecule has 0 amide bonds. The van der Waals surface area contributed by atoms with Crippen molar-refractivity contribution in [3.05, 3.63) is 0 Å². The predicted octanol–water partition coefficient (Wildman–Crippen LogP) is 4.23. The molecular weight excluding hydrogens is 194 g/mol. The summed E-state index contributed by atoms with van der Waals surface area (Å²) in [6, 6.07) is 0.636. The molecule has 1 rings (SSSR count). The van der Waals surface area contributed by atoms with Crippen LogP contribution >= 0.6 is 0 Å². The Hall–Kier alpha value is -0.0400. The van der Waals surface area contributed by atoms with E-state index in [2.05, 4.69) is 33.0 Å². The average molecular weight is 225 g/mol. The van der Waals surface area contributed by atoms with Crippen LogP contribution in [0.15, 0.2) is 0 Å². The van der Waals surface area contributed by atoms with E-state index in [0.717, 1.165) is 17.8 Å². The Bertz CT molecular complexity index is 176. The van der Waals surface area contributed by atoms with E-state index in [9.17, 15) is 0 Å². The van der Waals surface area contributed by atoms with Gasteiger partial charge in [0.15, 0.2) is 0 Å². The van der Waals surface area contributed by atoms with Crippen molar-refractivity contribution in [1.82, 2.24) is 5.32 Å². The summed E-state index contributed by atoms with van der Waals surface area (Å²) in [5.74, 6) is 2.90. The molecule has 0 aromatic rings. The molecule has 0 bridgehead atoms. The monoisotopic (exact) mass is 225 g/mol. The smallest absolute Gasteiger partial charge is 0.00104 e. The van der Waals surface area contributed by atoms with Crippen LogP contribution in [0.3, 0.4) is 0 Å². The van der Waals surface area contributed by atoms with Gasteiger partial charge in [0, 0.05) is 6.04 Å². The molecule has 0 spiro atoms. The maximum absolute atomic E-state index is 3.56. The highest BCUT2D eigenvalue weighted by Crippen LogP contribution is 2.34. The Kier molecular flexibility index (Phi) is 6.41. The first-order valence-electron chi connectivity index (χ1n) is 7.35. The number of hydrogen-bond acceptors (Lipinski definition) is 1. The summed E-state index contributed by atoms with van der Waals surface area (Å²) >= 11 is 0. The predicted molar refractivity (Wildman–Crippen MR) is 72.7 cm³/mol. The van der Waals surface area contributed by atoms with E-state index in [0.29, 0.717) is 6.04 Å². The van der Waals surface area contributed by atoms with E-state index in [1.54, 1.807) is 0 Å². The lowest BCUT2D eigenvalue weighted by atomic mass is 9.77. The fourth-order valence-corrected chi connectivity index (χ4v) is 3.08. The van der Waals surface area contributed by atoms with Crippen molar-refractivity contribution in [3.63, 3.8) is 0 Å². The van der Waals surface area contributed by atoms with Crippen LogP contribution in [0.4, 0.5) is 0 Å². The summed E-state index contributed by atoms with van der Waals surface area (Å²) in [6.07, 6.45) is 8.80. The third-order valence-corrected chi connectivity index (χ3v) is 4.08. The van der Waals surface area contributed by atoms with Crippen LogP contribution in [0.25, 0.3) is 0 Å². The zero-order chi connectivity index (χ0) is 12.0. The van der Waals surface area contributed by atoms with Gasteiger partial charge < -0.3 is 5.32 Å². The van der Waals surface area contributed by atoms with Crippen molar-refractivity contribution in [2.45, 2.75) is 72.3 Å². The number of nitrogens with one attached hydrogen (secondary N) is 1. The van der Waals surface area contributed by atoms with Crippen LogP contribution in [-0.2, 0) is 0 Å². The molecule has 0 aromatic carbocycles. The summed E-state index contributed by atoms with van der Waals surface area (Å²) in [5, 5.41) is 3.56. The van der Waals surface area contributed by atoms with E-state index < -0.39 is 0 Å². The SMILES string of the molecule is CCC1CCCC(CC(C)CNC(C)C)C1. The first-order valence-corrected chi connectivity index (χ1v) is 7.35. The molecule has 1 aliphatic rings. The van der Waals surface area contributed by atoms with Crippen molar-refractivity contribution < 1.29 is 0 Å². The Labute approximate surface area is 102 Å². The molecule has 1 N–H and O–H groups in total. The lowest BCUT2D eigenvalue weighted by Gasteiger charge is -2.30. The topological polar surface area (TPSA) is 12.0 Å². The Balaban J connectivity index is 2.19. The third kappa shape index (κ3) is 5.34. The highest BCUT2D eigenvalue weighted by atomic mass is 14.9. The van der Waals surface area contributed by atoms with Gasteiger partial charge in [-0.25, -0.2) is 0 Å². The van der Waals surface area contributed by atoms with E-state index in [4.69, 9.17) is 0 Å². The minimum absolute atomic E-state index is 0.636. The molecule has 0 aromatic heterocycles. The lowest BCUT2D eigenvalue weighted by Crippen LogP contribution is -2.29. The van der Waals surface area contributed by atoms with Crippen LogP contribution in [-0.4, -0.2) is 12.6 Å². The summed E-state index contributed by atoms with van der Waals surface area (Å²) in [6.45, 7) is 10.4. The highest BCUT2D eigenvalue weighted by molar-refractivity contribution is 4.74. The minimum Gasteiger partial charge on any atom is -0.314 e. The van der Waals surface area contributed by atoms with Gasteiger partial charge in [0.05, 0.1) is 0 Å². The van der Waals surface area contributed by atoms with Crippen molar-refractivity contribution in [2.75, 3.05) is 6.54 Å². The number of rotatable bonds is 6. The zero-order valence-electron chi connectivity index (χ0n) is 11.8. The van der Waals surface area contributed by atoms with Crippen LogP contribution in [0, 0.1) is 17.8 Å². The van der Waals surface area contributed by atoms with Crippen LogP contribution in [0.5, 0.6) is 0 Å². The van der Waals surface area contributed by atoms with Gasteiger partial charge in [-0.3, -0.25) is 0 Å². The van der Waals surface area contributed by atoms with E-state index in [1.807, 2.05) is 0 Å². The molecule has 0 heterocycles. The molecule has 0 aliphatic heterocycles. The molecule has 96 valence electrons. The molecule has 16 heavy (non-hydrogen) atoms. The second-order valence-electron chi connectivity index (χ2n) is 6.21. The molecule has 1 fully saturated rings. The largest absolute Gasteiger partial charge is 0.314 e. The normalized spacial score (nSPS) is 28.3. The summed E-state index contributed by atoms with van der Waals surface area (Å²) in [7, 11) is 0. The standard InChI is InChI=1S/C15H31N/c1-5-14-7-6-8-15(10-14)9-13(4)11-16-12(2)3/h12-16H,5-11H2,1-4H3. The Morgan fingerprint density at radius 1 is 1.12 bits per heavy atom. The molecule has 3 unspecified atom stereocenters. The van der Waals surface area contributed by atoms with Gasteiger partial charge in [0.25, 0.3) is 0 Å². The lowest BCUT2D eigenvalue weighted by molar-refractivity contribution is 0.224. The minimum atomic E-state index is 0.636. The van der Waals surface area contributed by atoms with Gasteiger partial charge >= 0.3 is 0 Å². The van der Waals surface area contributed by atoms with Crippen LogP contribution in [0.1, 0.15) is 66.2 Å². The quantitative estimate of drug-likeness (QED) is 0.713. The summed E-state index contributed by atoms with van der Waals surface area (Å²) in [5.41, 5.74) is 0. The fourth-order valence-electron chi connectivity index (χ4n) is 3.08. The average Bonchev–Trinajstić information content (AvgIpc) is 2.26. The van der Waals surface area contributed by atoms with Crippen molar-refractivity contribution in [1.29, 1.82) is 0 Å². The second-order valence-corrected chi connectivity index (χ2v) is 6.21. The molecular formula is C15H31N. The molecule has 0 saturated heterocycles.